The van der Waals surface area contributed by atoms with Crippen LogP contribution in [0.3, 0.4) is 0 Å². The van der Waals surface area contributed by atoms with Gasteiger partial charge >= 0.3 is 0 Å². The molecule has 1 saturated heterocycles. The van der Waals surface area contributed by atoms with Crippen LogP contribution in [0, 0.1) is 0 Å². The number of aryl methyl sites for hydroxylation is 1. The summed E-state index contributed by atoms with van der Waals surface area (Å²) in [4.78, 5) is 14.3. The Labute approximate surface area is 115 Å². The van der Waals surface area contributed by atoms with E-state index in [-0.39, 0.29) is 17.6 Å². The third-order valence-corrected chi connectivity index (χ3v) is 4.71. The number of hydrogen-bond donors (Lipinski definition) is 1. The lowest BCUT2D eigenvalue weighted by molar-refractivity contribution is -0.130. The SMILES string of the molecule is CN1C(=O)[C@H](CCc2ccccc2)NC12CCCC2. The summed E-state index contributed by atoms with van der Waals surface area (Å²) < 4.78 is 0. The Balaban J connectivity index is 1.64. The van der Waals surface area contributed by atoms with Crippen LogP contribution in [-0.2, 0) is 11.2 Å². The van der Waals surface area contributed by atoms with Gasteiger partial charge < -0.3 is 4.90 Å². The largest absolute Gasteiger partial charge is 0.326 e. The lowest BCUT2D eigenvalue weighted by Gasteiger charge is -2.31. The number of benzene rings is 1. The van der Waals surface area contributed by atoms with Gasteiger partial charge in [0.25, 0.3) is 0 Å². The Morgan fingerprint density at radius 1 is 1.26 bits per heavy atom. The van der Waals surface area contributed by atoms with Crippen molar-refractivity contribution in [2.24, 2.45) is 0 Å². The molecule has 1 amide bonds. The van der Waals surface area contributed by atoms with Crippen LogP contribution in [0.2, 0.25) is 0 Å². The zero-order valence-electron chi connectivity index (χ0n) is 11.6. The maximum atomic E-state index is 12.4. The summed E-state index contributed by atoms with van der Waals surface area (Å²) in [6.07, 6.45) is 6.54. The Morgan fingerprint density at radius 2 is 1.95 bits per heavy atom. The molecular formula is C16H22N2O. The van der Waals surface area contributed by atoms with Gasteiger partial charge in [0, 0.05) is 7.05 Å². The molecule has 102 valence electrons. The van der Waals surface area contributed by atoms with Gasteiger partial charge in [-0.1, -0.05) is 30.3 Å². The molecule has 1 aromatic rings. The van der Waals surface area contributed by atoms with Crippen LogP contribution >= 0.6 is 0 Å². The average molecular weight is 258 g/mol. The van der Waals surface area contributed by atoms with Crippen molar-refractivity contribution < 1.29 is 4.79 Å². The first-order valence-electron chi connectivity index (χ1n) is 7.31. The van der Waals surface area contributed by atoms with Gasteiger partial charge in [0.1, 0.15) is 0 Å². The molecule has 1 saturated carbocycles. The first kappa shape index (κ1) is 12.7. The molecule has 1 heterocycles. The molecule has 0 unspecified atom stereocenters. The second-order valence-corrected chi connectivity index (χ2v) is 5.86. The summed E-state index contributed by atoms with van der Waals surface area (Å²) in [6.45, 7) is 0. The Kier molecular flexibility index (Phi) is 3.31. The summed E-state index contributed by atoms with van der Waals surface area (Å²) in [6, 6.07) is 10.4. The number of likely N-dealkylation sites (N-methyl/N-ethyl adjacent to an activating group) is 1. The molecule has 1 spiro atoms. The van der Waals surface area contributed by atoms with Crippen LogP contribution in [0.1, 0.15) is 37.7 Å². The number of rotatable bonds is 3. The molecule has 2 fully saturated rings. The van der Waals surface area contributed by atoms with Gasteiger partial charge in [0.15, 0.2) is 0 Å². The Bertz CT molecular complexity index is 451. The van der Waals surface area contributed by atoms with Crippen LogP contribution in [0.5, 0.6) is 0 Å². The van der Waals surface area contributed by atoms with E-state index in [0.717, 1.165) is 25.7 Å². The lowest BCUT2D eigenvalue weighted by atomic mass is 10.1. The molecule has 1 N–H and O–H groups in total. The third-order valence-electron chi connectivity index (χ3n) is 4.71. The van der Waals surface area contributed by atoms with Gasteiger partial charge in [-0.25, -0.2) is 0 Å². The number of amides is 1. The second-order valence-electron chi connectivity index (χ2n) is 5.86. The fraction of sp³-hybridized carbons (Fsp3) is 0.562. The van der Waals surface area contributed by atoms with Crippen molar-refractivity contribution >= 4 is 5.91 Å². The molecule has 3 heteroatoms. The van der Waals surface area contributed by atoms with Crippen LogP contribution in [0.15, 0.2) is 30.3 Å². The van der Waals surface area contributed by atoms with E-state index in [0.29, 0.717) is 0 Å². The van der Waals surface area contributed by atoms with Gasteiger partial charge in [-0.05, 0) is 44.1 Å². The van der Waals surface area contributed by atoms with Gasteiger partial charge in [-0.3, -0.25) is 10.1 Å². The van der Waals surface area contributed by atoms with Crippen LogP contribution in [-0.4, -0.2) is 29.6 Å². The van der Waals surface area contributed by atoms with Crippen molar-refractivity contribution in [3.63, 3.8) is 0 Å². The van der Waals surface area contributed by atoms with E-state index in [1.165, 1.54) is 18.4 Å². The summed E-state index contributed by atoms with van der Waals surface area (Å²) in [5.41, 5.74) is 1.28. The van der Waals surface area contributed by atoms with Crippen molar-refractivity contribution in [3.05, 3.63) is 35.9 Å². The van der Waals surface area contributed by atoms with Gasteiger partial charge in [0.05, 0.1) is 11.7 Å². The third kappa shape index (κ3) is 2.27. The Morgan fingerprint density at radius 3 is 2.63 bits per heavy atom. The van der Waals surface area contributed by atoms with E-state index >= 15 is 0 Å². The average Bonchev–Trinajstić information content (AvgIpc) is 3.00. The molecule has 2 aliphatic rings. The minimum atomic E-state index is -0.0293. The summed E-state index contributed by atoms with van der Waals surface area (Å²) in [7, 11) is 1.96. The van der Waals surface area contributed by atoms with E-state index in [4.69, 9.17) is 0 Å². The maximum absolute atomic E-state index is 12.4. The smallest absolute Gasteiger partial charge is 0.240 e. The Hall–Kier alpha value is -1.35. The number of nitrogens with zero attached hydrogens (tertiary/aromatic N) is 1. The lowest BCUT2D eigenvalue weighted by Crippen LogP contribution is -2.48. The summed E-state index contributed by atoms with van der Waals surface area (Å²) >= 11 is 0. The molecular weight excluding hydrogens is 236 g/mol. The minimum Gasteiger partial charge on any atom is -0.326 e. The zero-order chi connectivity index (χ0) is 13.3. The first-order chi connectivity index (χ1) is 9.21. The van der Waals surface area contributed by atoms with E-state index in [1.807, 2.05) is 18.0 Å². The number of nitrogens with one attached hydrogen (secondary N) is 1. The predicted octanol–water partition coefficient (Wildman–Crippen LogP) is 2.32. The van der Waals surface area contributed by atoms with Crippen LogP contribution < -0.4 is 5.32 Å². The first-order valence-corrected chi connectivity index (χ1v) is 7.31. The van der Waals surface area contributed by atoms with Crippen LogP contribution in [0.4, 0.5) is 0 Å². The highest BCUT2D eigenvalue weighted by atomic mass is 16.2. The fourth-order valence-electron chi connectivity index (χ4n) is 3.52. The molecule has 0 radical (unpaired) electrons. The van der Waals surface area contributed by atoms with Crippen molar-refractivity contribution in [1.29, 1.82) is 0 Å². The van der Waals surface area contributed by atoms with Crippen LogP contribution in [0.25, 0.3) is 0 Å². The monoisotopic (exact) mass is 258 g/mol. The maximum Gasteiger partial charge on any atom is 0.240 e. The molecule has 0 aromatic heterocycles. The zero-order valence-corrected chi connectivity index (χ0v) is 11.6. The summed E-state index contributed by atoms with van der Waals surface area (Å²) in [5, 5.41) is 3.61. The molecule has 3 nitrogen and oxygen atoms in total. The van der Waals surface area contributed by atoms with Crippen molar-refractivity contribution in [1.82, 2.24) is 10.2 Å². The topological polar surface area (TPSA) is 32.3 Å². The van der Waals surface area contributed by atoms with E-state index in [2.05, 4.69) is 29.6 Å². The van der Waals surface area contributed by atoms with E-state index < -0.39 is 0 Å². The molecule has 1 aromatic carbocycles. The number of hydrogen-bond acceptors (Lipinski definition) is 2. The van der Waals surface area contributed by atoms with E-state index in [1.54, 1.807) is 0 Å². The summed E-state index contributed by atoms with van der Waals surface area (Å²) in [5.74, 6) is 0.276. The van der Waals surface area contributed by atoms with Crippen molar-refractivity contribution in [2.75, 3.05) is 7.05 Å². The second kappa shape index (κ2) is 4.97. The fourth-order valence-corrected chi connectivity index (χ4v) is 3.52. The standard InChI is InChI=1S/C16H22N2O/c1-18-15(19)14(17-16(18)11-5-6-12-16)10-9-13-7-3-2-4-8-13/h2-4,7-8,14,17H,5-6,9-12H2,1H3/t14-/m0/s1. The highest BCUT2D eigenvalue weighted by Crippen LogP contribution is 2.37. The molecule has 1 aliphatic carbocycles. The predicted molar refractivity (Wildman–Crippen MR) is 75.7 cm³/mol. The van der Waals surface area contributed by atoms with E-state index in [9.17, 15) is 4.79 Å². The normalized spacial score (nSPS) is 25.4. The number of carbonyl (C=O) groups is 1. The van der Waals surface area contributed by atoms with Gasteiger partial charge in [-0.15, -0.1) is 0 Å². The van der Waals surface area contributed by atoms with Crippen molar-refractivity contribution in [3.8, 4) is 0 Å². The quantitative estimate of drug-likeness (QED) is 0.902. The number of carbonyl (C=O) groups excluding carboxylic acids is 1. The van der Waals surface area contributed by atoms with Gasteiger partial charge in [0.2, 0.25) is 5.91 Å². The molecule has 3 rings (SSSR count). The molecule has 1 aliphatic heterocycles. The van der Waals surface area contributed by atoms with Gasteiger partial charge in [-0.2, -0.15) is 0 Å². The van der Waals surface area contributed by atoms with Crippen molar-refractivity contribution in [2.45, 2.75) is 50.2 Å². The highest BCUT2D eigenvalue weighted by Gasteiger charge is 2.49. The highest BCUT2D eigenvalue weighted by molar-refractivity contribution is 5.85. The molecule has 19 heavy (non-hydrogen) atoms. The minimum absolute atomic E-state index is 0.00306. The molecule has 0 bridgehead atoms. The molecule has 1 atom stereocenters.